The molecule has 0 fully saturated rings. The fraction of sp³-hybridized carbons (Fsp3) is 0.304. The summed E-state index contributed by atoms with van der Waals surface area (Å²) in [6.07, 6.45) is 3.88. The van der Waals surface area contributed by atoms with Crippen molar-refractivity contribution < 1.29 is 14.6 Å². The Balaban J connectivity index is 2.38. The van der Waals surface area contributed by atoms with E-state index in [-0.39, 0.29) is 4.58 Å². The summed E-state index contributed by atoms with van der Waals surface area (Å²) in [7, 11) is 1.32. The number of rotatable bonds is 6. The molecule has 0 aliphatic heterocycles. The van der Waals surface area contributed by atoms with Crippen molar-refractivity contribution in [3.8, 4) is 6.07 Å². The van der Waals surface area contributed by atoms with E-state index in [1.54, 1.807) is 35.7 Å². The number of nitriles is 1. The molecule has 0 saturated heterocycles. The normalized spacial score (nSPS) is 23.9. The summed E-state index contributed by atoms with van der Waals surface area (Å²) < 4.78 is 4.96. The van der Waals surface area contributed by atoms with Gasteiger partial charge in [0.25, 0.3) is 0 Å². The van der Waals surface area contributed by atoms with E-state index in [0.717, 1.165) is 5.56 Å². The van der Waals surface area contributed by atoms with Gasteiger partial charge in [-0.15, -0.1) is 23.5 Å². The second kappa shape index (κ2) is 9.08. The average Bonchev–Trinajstić information content (AvgIpc) is 3.05. The lowest BCUT2D eigenvalue weighted by Gasteiger charge is -2.36. The van der Waals surface area contributed by atoms with Gasteiger partial charge in [-0.05, 0) is 23.6 Å². The Kier molecular flexibility index (Phi) is 6.74. The molecule has 150 valence electrons. The number of hydrogen-bond acceptors (Lipinski definition) is 6. The predicted octanol–water partition coefficient (Wildman–Crippen LogP) is 4.33. The molecule has 3 atom stereocenters. The van der Waals surface area contributed by atoms with E-state index in [4.69, 9.17) is 4.74 Å². The zero-order chi connectivity index (χ0) is 21.0. The summed E-state index contributed by atoms with van der Waals surface area (Å²) in [6, 6.07) is 20.9. The molecule has 0 spiro atoms. The van der Waals surface area contributed by atoms with Gasteiger partial charge in [-0.25, -0.2) is 0 Å². The van der Waals surface area contributed by atoms with Gasteiger partial charge in [-0.2, -0.15) is 5.26 Å². The number of esters is 1. The van der Waals surface area contributed by atoms with Gasteiger partial charge in [-0.1, -0.05) is 60.7 Å². The highest BCUT2D eigenvalue weighted by molar-refractivity contribution is 8.16. The number of carbonyl (C=O) groups is 1. The second-order valence-electron chi connectivity index (χ2n) is 6.76. The molecule has 0 heterocycles. The van der Waals surface area contributed by atoms with Crippen LogP contribution in [0.2, 0.25) is 0 Å². The summed E-state index contributed by atoms with van der Waals surface area (Å²) in [5.74, 6) is -2.08. The van der Waals surface area contributed by atoms with E-state index in [0.29, 0.717) is 16.7 Å². The third-order valence-corrected chi connectivity index (χ3v) is 7.89. The van der Waals surface area contributed by atoms with Crippen LogP contribution in [0.5, 0.6) is 0 Å². The topological polar surface area (TPSA) is 70.3 Å². The fourth-order valence-electron chi connectivity index (χ4n) is 4.20. The molecule has 2 aromatic carbocycles. The molecule has 0 radical (unpaired) electrons. The second-order valence-corrected chi connectivity index (χ2v) is 8.95. The minimum absolute atomic E-state index is 0.185. The zero-order valence-corrected chi connectivity index (χ0v) is 18.2. The molecule has 1 aliphatic rings. The van der Waals surface area contributed by atoms with Crippen LogP contribution in [-0.4, -0.2) is 35.3 Å². The Labute approximate surface area is 180 Å². The third kappa shape index (κ3) is 3.59. The van der Waals surface area contributed by atoms with Crippen LogP contribution >= 0.6 is 23.5 Å². The number of allylic oxidation sites excluding steroid dienone is 1. The summed E-state index contributed by atoms with van der Waals surface area (Å²) in [5, 5.41) is 22.4. The van der Waals surface area contributed by atoms with Crippen LogP contribution in [-0.2, 0) is 15.1 Å². The van der Waals surface area contributed by atoms with Gasteiger partial charge in [0.05, 0.1) is 17.8 Å². The Bertz CT molecular complexity index is 936. The molecular formula is C23H23NO3S2. The Morgan fingerprint density at radius 2 is 1.66 bits per heavy atom. The van der Waals surface area contributed by atoms with Gasteiger partial charge in [-0.3, -0.25) is 4.79 Å². The number of methoxy groups -OCH3 is 1. The first-order valence-corrected chi connectivity index (χ1v) is 11.7. The molecule has 3 rings (SSSR count). The number of nitrogens with zero attached hydrogens (tertiary/aromatic N) is 1. The van der Waals surface area contributed by atoms with E-state index in [1.165, 1.54) is 7.11 Å². The Morgan fingerprint density at radius 3 is 2.14 bits per heavy atom. The van der Waals surface area contributed by atoms with Crippen LogP contribution in [0.1, 0.15) is 17.0 Å². The molecule has 0 amide bonds. The van der Waals surface area contributed by atoms with Gasteiger partial charge in [0.2, 0.25) is 0 Å². The first-order valence-electron chi connectivity index (χ1n) is 9.15. The molecule has 6 heteroatoms. The van der Waals surface area contributed by atoms with Crippen LogP contribution in [0.25, 0.3) is 0 Å². The number of ether oxygens (including phenoxy) is 1. The van der Waals surface area contributed by atoms with Crippen molar-refractivity contribution >= 4 is 29.5 Å². The smallest absolute Gasteiger partial charge is 0.313 e. The quantitative estimate of drug-likeness (QED) is 0.549. The van der Waals surface area contributed by atoms with E-state index in [2.05, 4.69) is 6.07 Å². The highest BCUT2D eigenvalue weighted by Gasteiger charge is 2.59. The van der Waals surface area contributed by atoms with E-state index < -0.39 is 23.4 Å². The molecule has 0 saturated carbocycles. The van der Waals surface area contributed by atoms with Crippen LogP contribution < -0.4 is 0 Å². The van der Waals surface area contributed by atoms with E-state index >= 15 is 0 Å². The van der Waals surface area contributed by atoms with Gasteiger partial charge >= 0.3 is 5.97 Å². The zero-order valence-electron chi connectivity index (χ0n) is 16.5. The maximum Gasteiger partial charge on any atom is 0.313 e. The van der Waals surface area contributed by atoms with Gasteiger partial charge < -0.3 is 9.84 Å². The fourth-order valence-corrected chi connectivity index (χ4v) is 6.05. The number of hydrogen-bond donors (Lipinski definition) is 1. The summed E-state index contributed by atoms with van der Waals surface area (Å²) in [5.41, 5.74) is 0.771. The number of benzene rings is 2. The van der Waals surface area contributed by atoms with Crippen molar-refractivity contribution in [3.63, 3.8) is 0 Å². The number of carbonyl (C=O) groups excluding carboxylic acids is 1. The SMILES string of the molecule is COC(=O)[C@H]1[C@H](c2ccccc2)C(C#N)=C(C(SC)SC)[C@@]1(O)c1ccccc1. The van der Waals surface area contributed by atoms with Gasteiger partial charge in [0.1, 0.15) is 11.5 Å². The van der Waals surface area contributed by atoms with Crippen LogP contribution in [0.15, 0.2) is 71.8 Å². The van der Waals surface area contributed by atoms with Crippen LogP contribution in [0.4, 0.5) is 0 Å². The van der Waals surface area contributed by atoms with Crippen LogP contribution in [0.3, 0.4) is 0 Å². The van der Waals surface area contributed by atoms with Gasteiger partial charge in [0.15, 0.2) is 0 Å². The summed E-state index contributed by atoms with van der Waals surface area (Å²) in [4.78, 5) is 13.1. The van der Waals surface area contributed by atoms with E-state index in [1.807, 2.05) is 61.0 Å². The third-order valence-electron chi connectivity index (χ3n) is 5.41. The van der Waals surface area contributed by atoms with Crippen molar-refractivity contribution in [3.05, 3.63) is 82.9 Å². The highest BCUT2D eigenvalue weighted by Crippen LogP contribution is 2.58. The summed E-state index contributed by atoms with van der Waals surface area (Å²) >= 11 is 3.09. The molecular weight excluding hydrogens is 402 g/mol. The Morgan fingerprint density at radius 1 is 1.10 bits per heavy atom. The molecule has 0 unspecified atom stereocenters. The maximum absolute atomic E-state index is 13.1. The average molecular weight is 426 g/mol. The van der Waals surface area contributed by atoms with Crippen molar-refractivity contribution in [1.82, 2.24) is 0 Å². The van der Waals surface area contributed by atoms with Gasteiger partial charge in [0, 0.05) is 17.1 Å². The maximum atomic E-state index is 13.1. The molecule has 1 aliphatic carbocycles. The van der Waals surface area contributed by atoms with Crippen molar-refractivity contribution in [1.29, 1.82) is 5.26 Å². The van der Waals surface area contributed by atoms with Crippen molar-refractivity contribution in [2.75, 3.05) is 19.6 Å². The van der Waals surface area contributed by atoms with E-state index in [9.17, 15) is 15.2 Å². The predicted molar refractivity (Wildman–Crippen MR) is 118 cm³/mol. The molecule has 0 bridgehead atoms. The van der Waals surface area contributed by atoms with Crippen LogP contribution in [0, 0.1) is 17.2 Å². The Hall–Kier alpha value is -2.20. The minimum atomic E-state index is -1.64. The molecule has 4 nitrogen and oxygen atoms in total. The monoisotopic (exact) mass is 425 g/mol. The standard InChI is InChI=1S/C23H23NO3S2/c1-27-21(25)20-18(15-10-6-4-7-11-15)17(14-24)19(22(28-2)29-3)23(20,26)16-12-8-5-9-13-16/h4-13,18,20,22,26H,1-3H3/t18-,20-,23+/m1/s1. The largest absolute Gasteiger partial charge is 0.469 e. The minimum Gasteiger partial charge on any atom is -0.469 e. The first kappa shape index (κ1) is 21.5. The molecule has 0 aromatic heterocycles. The number of aliphatic hydroxyl groups is 1. The van der Waals surface area contributed by atoms with Crippen molar-refractivity contribution in [2.45, 2.75) is 16.1 Å². The molecule has 1 N–H and O–H groups in total. The van der Waals surface area contributed by atoms with Crippen molar-refractivity contribution in [2.24, 2.45) is 5.92 Å². The highest BCUT2D eigenvalue weighted by atomic mass is 32.2. The molecule has 29 heavy (non-hydrogen) atoms. The lowest BCUT2D eigenvalue weighted by Crippen LogP contribution is -2.42. The number of thioether (sulfide) groups is 2. The molecule has 2 aromatic rings. The lowest BCUT2D eigenvalue weighted by atomic mass is 9.75. The first-order chi connectivity index (χ1) is 14.0. The lowest BCUT2D eigenvalue weighted by molar-refractivity contribution is -0.153. The summed E-state index contributed by atoms with van der Waals surface area (Å²) in [6.45, 7) is 0.